The summed E-state index contributed by atoms with van der Waals surface area (Å²) in [5, 5.41) is 7.82. The SMILES string of the molecule is CC(=O)c1ccc(-n2cc(C(=O)c3ccccn3)nn2)cc1. The average Bonchev–Trinajstić information content (AvgIpc) is 3.05. The first-order valence-electron chi connectivity index (χ1n) is 6.64. The number of carbonyl (C=O) groups excluding carboxylic acids is 2. The standard InChI is InChI=1S/C16H12N4O2/c1-11(21)12-5-7-13(8-6-12)20-10-15(18-19-20)16(22)14-4-2-3-9-17-14/h2-10H,1H3. The fourth-order valence-electron chi connectivity index (χ4n) is 1.97. The first-order valence-corrected chi connectivity index (χ1v) is 6.64. The zero-order valence-corrected chi connectivity index (χ0v) is 11.8. The number of benzene rings is 1. The highest BCUT2D eigenvalue weighted by atomic mass is 16.1. The van der Waals surface area contributed by atoms with Gasteiger partial charge in [-0.05, 0) is 43.3 Å². The van der Waals surface area contributed by atoms with Crippen molar-refractivity contribution in [2.24, 2.45) is 0 Å². The smallest absolute Gasteiger partial charge is 0.233 e. The minimum atomic E-state index is -0.285. The van der Waals surface area contributed by atoms with E-state index in [1.165, 1.54) is 11.6 Å². The van der Waals surface area contributed by atoms with Crippen LogP contribution in [0.4, 0.5) is 0 Å². The van der Waals surface area contributed by atoms with Crippen LogP contribution in [-0.4, -0.2) is 31.5 Å². The van der Waals surface area contributed by atoms with Gasteiger partial charge in [-0.2, -0.15) is 0 Å². The predicted octanol–water partition coefficient (Wildman–Crippen LogP) is 2.10. The van der Waals surface area contributed by atoms with Gasteiger partial charge in [0.2, 0.25) is 5.78 Å². The first kappa shape index (κ1) is 13.8. The normalized spacial score (nSPS) is 10.4. The van der Waals surface area contributed by atoms with Gasteiger partial charge in [-0.25, -0.2) is 4.68 Å². The molecule has 0 aliphatic carbocycles. The van der Waals surface area contributed by atoms with Crippen molar-refractivity contribution in [3.05, 3.63) is 71.8 Å². The van der Waals surface area contributed by atoms with Crippen LogP contribution in [0.15, 0.2) is 54.9 Å². The second-order valence-corrected chi connectivity index (χ2v) is 4.70. The first-order chi connectivity index (χ1) is 10.6. The number of nitrogens with zero attached hydrogens (tertiary/aromatic N) is 4. The molecule has 22 heavy (non-hydrogen) atoms. The van der Waals surface area contributed by atoms with Crippen molar-refractivity contribution >= 4 is 11.6 Å². The molecule has 6 heteroatoms. The topological polar surface area (TPSA) is 77.7 Å². The molecule has 108 valence electrons. The Balaban J connectivity index is 1.87. The summed E-state index contributed by atoms with van der Waals surface area (Å²) in [5.74, 6) is -0.289. The van der Waals surface area contributed by atoms with Crippen LogP contribution >= 0.6 is 0 Å². The lowest BCUT2D eigenvalue weighted by Gasteiger charge is -2.00. The molecule has 0 saturated carbocycles. The summed E-state index contributed by atoms with van der Waals surface area (Å²) < 4.78 is 1.49. The molecule has 0 unspecified atom stereocenters. The number of rotatable bonds is 4. The molecular formula is C16H12N4O2. The lowest BCUT2D eigenvalue weighted by atomic mass is 10.1. The maximum atomic E-state index is 12.2. The number of hydrogen-bond acceptors (Lipinski definition) is 5. The van der Waals surface area contributed by atoms with Gasteiger partial charge in [0.25, 0.3) is 0 Å². The van der Waals surface area contributed by atoms with E-state index < -0.39 is 0 Å². The van der Waals surface area contributed by atoms with Crippen LogP contribution in [0.2, 0.25) is 0 Å². The van der Waals surface area contributed by atoms with Crippen LogP contribution in [0.5, 0.6) is 0 Å². The van der Waals surface area contributed by atoms with Crippen molar-refractivity contribution in [2.45, 2.75) is 6.92 Å². The van der Waals surface area contributed by atoms with Crippen molar-refractivity contribution < 1.29 is 9.59 Å². The van der Waals surface area contributed by atoms with Crippen LogP contribution in [-0.2, 0) is 0 Å². The Morgan fingerprint density at radius 3 is 2.41 bits per heavy atom. The van der Waals surface area contributed by atoms with Gasteiger partial charge >= 0.3 is 0 Å². The van der Waals surface area contributed by atoms with E-state index in [0.717, 1.165) is 5.69 Å². The van der Waals surface area contributed by atoms with E-state index in [1.54, 1.807) is 54.9 Å². The molecule has 0 amide bonds. The number of carbonyl (C=O) groups is 2. The summed E-state index contributed by atoms with van der Waals surface area (Å²) in [6, 6.07) is 12.0. The maximum absolute atomic E-state index is 12.2. The van der Waals surface area contributed by atoms with Gasteiger partial charge in [-0.1, -0.05) is 11.3 Å². The fourth-order valence-corrected chi connectivity index (χ4v) is 1.97. The van der Waals surface area contributed by atoms with Gasteiger partial charge in [-0.15, -0.1) is 5.10 Å². The van der Waals surface area contributed by atoms with Gasteiger partial charge in [0, 0.05) is 11.8 Å². The van der Waals surface area contributed by atoms with Crippen molar-refractivity contribution in [2.75, 3.05) is 0 Å². The van der Waals surface area contributed by atoms with E-state index in [4.69, 9.17) is 0 Å². The Labute approximate surface area is 126 Å². The van der Waals surface area contributed by atoms with Gasteiger partial charge in [-0.3, -0.25) is 14.6 Å². The van der Waals surface area contributed by atoms with Crippen molar-refractivity contribution in [1.82, 2.24) is 20.0 Å². The maximum Gasteiger partial charge on any atom is 0.233 e. The molecule has 0 saturated heterocycles. The van der Waals surface area contributed by atoms with Crippen LogP contribution < -0.4 is 0 Å². The van der Waals surface area contributed by atoms with E-state index in [2.05, 4.69) is 15.3 Å². The zero-order valence-electron chi connectivity index (χ0n) is 11.8. The number of hydrogen-bond donors (Lipinski definition) is 0. The van der Waals surface area contributed by atoms with E-state index in [9.17, 15) is 9.59 Å². The highest BCUT2D eigenvalue weighted by molar-refractivity contribution is 6.06. The monoisotopic (exact) mass is 292 g/mol. The predicted molar refractivity (Wildman–Crippen MR) is 79.0 cm³/mol. The number of pyridine rings is 1. The molecule has 1 aromatic carbocycles. The number of Topliss-reactive ketones (excluding diaryl/α,β-unsaturated/α-hetero) is 1. The van der Waals surface area contributed by atoms with E-state index in [1.807, 2.05) is 0 Å². The summed E-state index contributed by atoms with van der Waals surface area (Å²) >= 11 is 0. The van der Waals surface area contributed by atoms with Gasteiger partial charge < -0.3 is 0 Å². The molecule has 3 aromatic rings. The minimum Gasteiger partial charge on any atom is -0.295 e. The highest BCUT2D eigenvalue weighted by Crippen LogP contribution is 2.11. The lowest BCUT2D eigenvalue weighted by molar-refractivity contribution is 0.101. The van der Waals surface area contributed by atoms with Crippen molar-refractivity contribution in [3.8, 4) is 5.69 Å². The zero-order chi connectivity index (χ0) is 15.5. The van der Waals surface area contributed by atoms with Crippen molar-refractivity contribution in [3.63, 3.8) is 0 Å². The fraction of sp³-hybridized carbons (Fsp3) is 0.0625. The third-order valence-electron chi connectivity index (χ3n) is 3.16. The summed E-state index contributed by atoms with van der Waals surface area (Å²) in [6.07, 6.45) is 3.10. The molecule has 0 aliphatic rings. The third kappa shape index (κ3) is 2.67. The highest BCUT2D eigenvalue weighted by Gasteiger charge is 2.14. The molecule has 0 bridgehead atoms. The Bertz CT molecular complexity index is 823. The molecule has 2 heterocycles. The molecule has 3 rings (SSSR count). The lowest BCUT2D eigenvalue weighted by Crippen LogP contribution is -2.03. The number of aromatic nitrogens is 4. The number of ketones is 2. The van der Waals surface area contributed by atoms with Crippen LogP contribution in [0, 0.1) is 0 Å². The summed E-state index contributed by atoms with van der Waals surface area (Å²) in [5.41, 5.74) is 1.88. The average molecular weight is 292 g/mol. The Morgan fingerprint density at radius 1 is 1.00 bits per heavy atom. The molecule has 6 nitrogen and oxygen atoms in total. The molecule has 0 fully saturated rings. The molecule has 0 spiro atoms. The minimum absolute atomic E-state index is 0.00356. The Hall–Kier alpha value is -3.15. The molecule has 0 radical (unpaired) electrons. The van der Waals surface area contributed by atoms with Crippen LogP contribution in [0.1, 0.15) is 33.5 Å². The second-order valence-electron chi connectivity index (χ2n) is 4.70. The molecule has 0 atom stereocenters. The molecule has 0 aliphatic heterocycles. The van der Waals surface area contributed by atoms with E-state index >= 15 is 0 Å². The van der Waals surface area contributed by atoms with Crippen LogP contribution in [0.25, 0.3) is 5.69 Å². The Kier molecular flexibility index (Phi) is 3.57. The van der Waals surface area contributed by atoms with Crippen molar-refractivity contribution in [1.29, 1.82) is 0 Å². The second kappa shape index (κ2) is 5.69. The quantitative estimate of drug-likeness (QED) is 0.688. The molecule has 2 aromatic heterocycles. The Morgan fingerprint density at radius 2 is 1.77 bits per heavy atom. The summed E-state index contributed by atoms with van der Waals surface area (Å²) in [7, 11) is 0. The molecular weight excluding hydrogens is 280 g/mol. The summed E-state index contributed by atoms with van der Waals surface area (Å²) in [6.45, 7) is 1.51. The summed E-state index contributed by atoms with van der Waals surface area (Å²) in [4.78, 5) is 27.5. The van der Waals surface area contributed by atoms with Gasteiger partial charge in [0.1, 0.15) is 5.69 Å². The van der Waals surface area contributed by atoms with E-state index in [-0.39, 0.29) is 17.3 Å². The third-order valence-corrected chi connectivity index (χ3v) is 3.16. The van der Waals surface area contributed by atoms with Gasteiger partial charge in [0.05, 0.1) is 11.9 Å². The molecule has 0 N–H and O–H groups in total. The van der Waals surface area contributed by atoms with Crippen LogP contribution in [0.3, 0.4) is 0 Å². The van der Waals surface area contributed by atoms with E-state index in [0.29, 0.717) is 11.3 Å². The largest absolute Gasteiger partial charge is 0.295 e. The van der Waals surface area contributed by atoms with Gasteiger partial charge in [0.15, 0.2) is 11.5 Å².